The average molecular weight is 473 g/mol. The zero-order valence-electron chi connectivity index (χ0n) is 18.2. The van der Waals surface area contributed by atoms with Crippen molar-refractivity contribution in [1.29, 1.82) is 0 Å². The fraction of sp³-hybridized carbons (Fsp3) is 0.375. The Labute approximate surface area is 196 Å². The number of benzene rings is 2. The Morgan fingerprint density at radius 3 is 2.55 bits per heavy atom. The second-order valence-electron chi connectivity index (χ2n) is 8.51. The maximum Gasteiger partial charge on any atom is 0.306 e. The molecule has 2 aliphatic rings. The molecule has 1 aliphatic carbocycles. The van der Waals surface area contributed by atoms with Gasteiger partial charge in [-0.05, 0) is 55.5 Å². The highest BCUT2D eigenvalue weighted by atomic mass is 35.5. The Hall–Kier alpha value is -3.10. The van der Waals surface area contributed by atoms with Crippen LogP contribution in [0.4, 0.5) is 5.69 Å². The van der Waals surface area contributed by atoms with Crippen molar-refractivity contribution in [2.45, 2.75) is 38.8 Å². The highest BCUT2D eigenvalue weighted by Crippen LogP contribution is 2.31. The topological polar surface area (TPSA) is 105 Å². The predicted octanol–water partition coefficient (Wildman–Crippen LogP) is 4.27. The van der Waals surface area contributed by atoms with Crippen LogP contribution in [0.15, 0.2) is 36.4 Å². The number of nitrogens with zero attached hydrogens (tertiary/aromatic N) is 1. The summed E-state index contributed by atoms with van der Waals surface area (Å²) in [5, 5.41) is 12.4. The Kier molecular flexibility index (Phi) is 6.85. The van der Waals surface area contributed by atoms with E-state index in [0.29, 0.717) is 60.9 Å². The normalized spacial score (nSPS) is 19.3. The zero-order valence-corrected chi connectivity index (χ0v) is 18.9. The summed E-state index contributed by atoms with van der Waals surface area (Å²) in [6.45, 7) is 0.725. The van der Waals surface area contributed by atoms with Crippen LogP contribution in [0, 0.1) is 11.8 Å². The van der Waals surface area contributed by atoms with Crippen molar-refractivity contribution in [2.75, 3.05) is 12.4 Å². The van der Waals surface area contributed by atoms with Crippen LogP contribution in [-0.4, -0.2) is 34.8 Å². The van der Waals surface area contributed by atoms with Crippen molar-refractivity contribution >= 4 is 35.1 Å². The van der Waals surface area contributed by atoms with Crippen molar-refractivity contribution in [3.05, 3.63) is 58.1 Å². The van der Waals surface area contributed by atoms with Gasteiger partial charge in [-0.2, -0.15) is 4.89 Å². The van der Waals surface area contributed by atoms with Crippen LogP contribution in [0.1, 0.15) is 47.2 Å². The summed E-state index contributed by atoms with van der Waals surface area (Å²) < 4.78 is 0. The number of fused-ring (bicyclic) bond motifs is 1. The van der Waals surface area contributed by atoms with Crippen molar-refractivity contribution in [3.8, 4) is 5.75 Å². The second-order valence-corrected chi connectivity index (χ2v) is 8.95. The molecule has 1 aliphatic heterocycles. The van der Waals surface area contributed by atoms with E-state index in [1.807, 2.05) is 18.2 Å². The van der Waals surface area contributed by atoms with E-state index < -0.39 is 11.9 Å². The van der Waals surface area contributed by atoms with Crippen LogP contribution in [0.3, 0.4) is 0 Å². The van der Waals surface area contributed by atoms with E-state index in [1.54, 1.807) is 19.2 Å². The summed E-state index contributed by atoms with van der Waals surface area (Å²) in [4.78, 5) is 48.8. The zero-order chi connectivity index (χ0) is 23.5. The van der Waals surface area contributed by atoms with E-state index in [2.05, 4.69) is 5.32 Å². The highest BCUT2D eigenvalue weighted by Gasteiger charge is 2.30. The Balaban J connectivity index is 1.45. The Morgan fingerprint density at radius 2 is 1.82 bits per heavy atom. The van der Waals surface area contributed by atoms with Gasteiger partial charge in [-0.15, -0.1) is 0 Å². The summed E-state index contributed by atoms with van der Waals surface area (Å²) in [7, 11) is 1.67. The van der Waals surface area contributed by atoms with Gasteiger partial charge in [-0.1, -0.05) is 23.7 Å². The lowest BCUT2D eigenvalue weighted by atomic mass is 9.81. The number of carbonyl (C=O) groups is 3. The van der Waals surface area contributed by atoms with E-state index in [1.165, 1.54) is 11.0 Å². The van der Waals surface area contributed by atoms with Crippen molar-refractivity contribution in [3.63, 3.8) is 0 Å². The van der Waals surface area contributed by atoms with E-state index >= 15 is 0 Å². The van der Waals surface area contributed by atoms with Gasteiger partial charge in [0.25, 0.3) is 5.91 Å². The third-order valence-electron chi connectivity index (χ3n) is 6.18. The van der Waals surface area contributed by atoms with Crippen LogP contribution in [0.25, 0.3) is 0 Å². The number of aliphatic carboxylic acids is 1. The van der Waals surface area contributed by atoms with E-state index in [9.17, 15) is 14.4 Å². The number of amides is 2. The Morgan fingerprint density at radius 1 is 1.09 bits per heavy atom. The summed E-state index contributed by atoms with van der Waals surface area (Å²) >= 11 is 6.15. The monoisotopic (exact) mass is 472 g/mol. The van der Waals surface area contributed by atoms with Crippen LogP contribution < -0.4 is 10.2 Å². The minimum Gasteiger partial charge on any atom is -0.481 e. The van der Waals surface area contributed by atoms with Gasteiger partial charge in [0, 0.05) is 30.1 Å². The first-order valence-electron chi connectivity index (χ1n) is 10.8. The molecule has 0 atom stereocenters. The lowest BCUT2D eigenvalue weighted by Gasteiger charge is -2.26. The number of carbonyl (C=O) groups excluding carboxylic acids is 2. The molecule has 2 aromatic rings. The van der Waals surface area contributed by atoms with Gasteiger partial charge < -0.3 is 20.2 Å². The number of hydrogen-bond donors (Lipinski definition) is 2. The van der Waals surface area contributed by atoms with Gasteiger partial charge in [0.1, 0.15) is 6.61 Å². The van der Waals surface area contributed by atoms with Crippen molar-refractivity contribution < 1.29 is 29.3 Å². The molecule has 174 valence electrons. The van der Waals surface area contributed by atoms with Crippen LogP contribution >= 0.6 is 11.6 Å². The standard InChI is InChI=1S/C24H25ClN2O6/c1-27(12-14-2-3-17-13-32-33-21(17)10-14)23(29)19-11-18(25)8-9-20(19)26-22(28)15-4-6-16(7-5-15)24(30)31/h2-3,8-11,15-16H,4-7,12-13H2,1H3,(H,26,28)(H,30,31). The predicted molar refractivity (Wildman–Crippen MR) is 121 cm³/mol. The maximum absolute atomic E-state index is 13.2. The van der Waals surface area contributed by atoms with Crippen LogP contribution in [0.2, 0.25) is 5.02 Å². The SMILES string of the molecule is CN(Cc1ccc2c(c1)OOC2)C(=O)c1cc(Cl)ccc1NC(=O)C1CCC(C(=O)O)CC1. The first-order valence-corrected chi connectivity index (χ1v) is 11.2. The molecule has 0 saturated heterocycles. The van der Waals surface area contributed by atoms with Crippen LogP contribution in [-0.2, 0) is 27.6 Å². The number of carboxylic acid groups (broad SMARTS) is 1. The van der Waals surface area contributed by atoms with Gasteiger partial charge in [0.15, 0.2) is 5.75 Å². The molecular formula is C24H25ClN2O6. The number of anilines is 1. The molecule has 0 unspecified atom stereocenters. The lowest BCUT2D eigenvalue weighted by Crippen LogP contribution is -2.31. The number of nitrogens with one attached hydrogen (secondary N) is 1. The summed E-state index contributed by atoms with van der Waals surface area (Å²) in [5.41, 5.74) is 2.49. The molecule has 33 heavy (non-hydrogen) atoms. The van der Waals surface area contributed by atoms with Gasteiger partial charge in [0.2, 0.25) is 5.91 Å². The third kappa shape index (κ3) is 5.29. The molecule has 0 aromatic heterocycles. The molecule has 0 spiro atoms. The molecule has 1 heterocycles. The molecular weight excluding hydrogens is 448 g/mol. The van der Waals surface area contributed by atoms with Gasteiger partial charge >= 0.3 is 5.97 Å². The van der Waals surface area contributed by atoms with E-state index in [-0.39, 0.29) is 17.7 Å². The fourth-order valence-electron chi connectivity index (χ4n) is 4.24. The third-order valence-corrected chi connectivity index (χ3v) is 6.41. The molecule has 8 nitrogen and oxygen atoms in total. The highest BCUT2D eigenvalue weighted by molar-refractivity contribution is 6.31. The fourth-order valence-corrected chi connectivity index (χ4v) is 4.41. The molecule has 1 fully saturated rings. The molecule has 2 amide bonds. The molecule has 2 aromatic carbocycles. The molecule has 2 N–H and O–H groups in total. The quantitative estimate of drug-likeness (QED) is 0.608. The number of hydrogen-bond acceptors (Lipinski definition) is 5. The summed E-state index contributed by atoms with van der Waals surface area (Å²) in [5.74, 6) is -1.36. The van der Waals surface area contributed by atoms with Gasteiger partial charge in [0.05, 0.1) is 17.2 Å². The first kappa shape index (κ1) is 23.1. The van der Waals surface area contributed by atoms with Crippen molar-refractivity contribution in [2.24, 2.45) is 11.8 Å². The molecule has 4 rings (SSSR count). The largest absolute Gasteiger partial charge is 0.481 e. The molecule has 9 heteroatoms. The van der Waals surface area contributed by atoms with Gasteiger partial charge in [-0.3, -0.25) is 14.4 Å². The average Bonchev–Trinajstić information content (AvgIpc) is 3.27. The minimum absolute atomic E-state index is 0.214. The van der Waals surface area contributed by atoms with Crippen molar-refractivity contribution in [1.82, 2.24) is 4.90 Å². The second kappa shape index (κ2) is 9.80. The molecule has 1 saturated carbocycles. The maximum atomic E-state index is 13.2. The smallest absolute Gasteiger partial charge is 0.306 e. The van der Waals surface area contributed by atoms with E-state index in [0.717, 1.165) is 11.1 Å². The van der Waals surface area contributed by atoms with Gasteiger partial charge in [-0.25, -0.2) is 0 Å². The minimum atomic E-state index is -0.815. The van der Waals surface area contributed by atoms with Crippen LogP contribution in [0.5, 0.6) is 5.75 Å². The van der Waals surface area contributed by atoms with E-state index in [4.69, 9.17) is 26.5 Å². The number of carboxylic acids is 1. The summed E-state index contributed by atoms with van der Waals surface area (Å²) in [6, 6.07) is 10.4. The first-order chi connectivity index (χ1) is 15.8. The number of rotatable bonds is 6. The number of halogens is 1. The Bertz CT molecular complexity index is 1080. The lowest BCUT2D eigenvalue weighted by molar-refractivity contribution is -0.194. The summed E-state index contributed by atoms with van der Waals surface area (Å²) in [6.07, 6.45) is 1.95. The molecule has 0 bridgehead atoms. The molecule has 0 radical (unpaired) electrons.